The molecule has 8 atom stereocenters. The first-order chi connectivity index (χ1) is 19.0. The highest BCUT2D eigenvalue weighted by Crippen LogP contribution is 2.35. The minimum Gasteiger partial charge on any atom is -0.508 e. The van der Waals surface area contributed by atoms with E-state index >= 15 is 0 Å². The molecule has 8 N–H and O–H groups in total. The van der Waals surface area contributed by atoms with E-state index in [0.29, 0.717) is 5.56 Å². The van der Waals surface area contributed by atoms with Crippen LogP contribution >= 0.6 is 0 Å². The third-order valence-electron chi connectivity index (χ3n) is 6.88. The van der Waals surface area contributed by atoms with Crippen molar-refractivity contribution in [1.82, 2.24) is 0 Å². The zero-order chi connectivity index (χ0) is 28.8. The van der Waals surface area contributed by atoms with Crippen molar-refractivity contribution in [3.05, 3.63) is 52.7 Å². The molecule has 0 radical (unpaired) electrons. The van der Waals surface area contributed by atoms with Gasteiger partial charge in [-0.25, -0.2) is 0 Å². The zero-order valence-corrected chi connectivity index (χ0v) is 20.7. The Labute approximate surface area is 225 Å². The van der Waals surface area contributed by atoms with Crippen molar-refractivity contribution in [2.24, 2.45) is 0 Å². The number of phenolic OH excluding ortho intramolecular Hbond substituents is 2. The second-order valence-corrected chi connectivity index (χ2v) is 9.65. The second kappa shape index (κ2) is 10.9. The lowest BCUT2D eigenvalue weighted by atomic mass is 9.98. The number of rotatable bonds is 7. The Balaban J connectivity index is 1.47. The molecule has 0 saturated carbocycles. The van der Waals surface area contributed by atoms with Crippen molar-refractivity contribution < 1.29 is 64.2 Å². The van der Waals surface area contributed by atoms with Gasteiger partial charge in [0.2, 0.25) is 6.29 Å². The molecule has 14 heteroatoms. The Kier molecular flexibility index (Phi) is 7.71. The SMILES string of the molecule is O=c1cc(-c2ccc(O)cc2)oc2cc(O[C@@H]3O[C@@H](CO)[C@@H](O)[C@@H](O)[C@H]3O[C@H]3OC[C@@](O)(CO)[C@H]3O)cc(O)c12. The van der Waals surface area contributed by atoms with Gasteiger partial charge in [0.1, 0.15) is 64.0 Å². The summed E-state index contributed by atoms with van der Waals surface area (Å²) in [6.07, 6.45) is -11.2. The van der Waals surface area contributed by atoms with Crippen molar-refractivity contribution in [3.8, 4) is 28.6 Å². The fraction of sp³-hybridized carbons (Fsp3) is 0.423. The third kappa shape index (κ3) is 5.12. The van der Waals surface area contributed by atoms with E-state index < -0.39 is 79.7 Å². The van der Waals surface area contributed by atoms with Crippen LogP contribution in [0, 0.1) is 0 Å². The van der Waals surface area contributed by atoms with E-state index in [-0.39, 0.29) is 28.2 Å². The molecule has 0 amide bonds. The lowest BCUT2D eigenvalue weighted by Crippen LogP contribution is -2.62. The van der Waals surface area contributed by atoms with Gasteiger partial charge in [-0.15, -0.1) is 0 Å². The van der Waals surface area contributed by atoms with E-state index in [1.54, 1.807) is 0 Å². The molecule has 2 aliphatic heterocycles. The van der Waals surface area contributed by atoms with Crippen molar-refractivity contribution >= 4 is 11.0 Å². The molecule has 216 valence electrons. The van der Waals surface area contributed by atoms with Gasteiger partial charge in [0, 0.05) is 23.8 Å². The molecule has 40 heavy (non-hydrogen) atoms. The summed E-state index contributed by atoms with van der Waals surface area (Å²) >= 11 is 0. The first kappa shape index (κ1) is 28.2. The zero-order valence-electron chi connectivity index (χ0n) is 20.7. The lowest BCUT2D eigenvalue weighted by Gasteiger charge is -2.42. The van der Waals surface area contributed by atoms with Crippen molar-refractivity contribution in [1.29, 1.82) is 0 Å². The van der Waals surface area contributed by atoms with Gasteiger partial charge in [0.15, 0.2) is 17.8 Å². The molecule has 3 heterocycles. The Morgan fingerprint density at radius 1 is 0.975 bits per heavy atom. The number of hydrogen-bond acceptors (Lipinski definition) is 14. The number of aliphatic hydroxyl groups is 6. The molecule has 1 aromatic heterocycles. The Morgan fingerprint density at radius 2 is 1.70 bits per heavy atom. The van der Waals surface area contributed by atoms with Gasteiger partial charge in [0.05, 0.1) is 19.8 Å². The summed E-state index contributed by atoms with van der Waals surface area (Å²) in [5.74, 6) is -0.496. The van der Waals surface area contributed by atoms with E-state index in [9.17, 15) is 45.6 Å². The van der Waals surface area contributed by atoms with Crippen LogP contribution in [0.2, 0.25) is 0 Å². The van der Waals surface area contributed by atoms with Gasteiger partial charge in [0.25, 0.3) is 0 Å². The molecule has 0 bridgehead atoms. The van der Waals surface area contributed by atoms with Gasteiger partial charge < -0.3 is 64.2 Å². The van der Waals surface area contributed by atoms with Gasteiger partial charge in [-0.3, -0.25) is 4.79 Å². The number of aromatic hydroxyl groups is 2. The standard InChI is InChI=1S/C26H28O14/c27-8-18-20(32)21(33)22(40-25-23(34)26(35,9-28)10-36-25)24(39-18)37-13-5-14(30)19-15(31)7-16(38-17(19)6-13)11-1-3-12(29)4-2-11/h1-7,18,20-25,27-30,32-35H,8-10H2/t18-,20+,21+,22+,23-,24+,25+,26-/m0/s1. The maximum absolute atomic E-state index is 12.8. The molecule has 3 aromatic rings. The fourth-order valence-electron chi connectivity index (χ4n) is 4.57. The van der Waals surface area contributed by atoms with Crippen LogP contribution in [0.5, 0.6) is 17.2 Å². The predicted molar refractivity (Wildman–Crippen MR) is 132 cm³/mol. The molecule has 2 fully saturated rings. The average molecular weight is 564 g/mol. The van der Waals surface area contributed by atoms with Crippen LogP contribution in [0.3, 0.4) is 0 Å². The van der Waals surface area contributed by atoms with Crippen molar-refractivity contribution in [2.75, 3.05) is 19.8 Å². The van der Waals surface area contributed by atoms with Gasteiger partial charge >= 0.3 is 0 Å². The number of fused-ring (bicyclic) bond motifs is 1. The summed E-state index contributed by atoms with van der Waals surface area (Å²) in [5, 5.41) is 80.7. The molecule has 2 aliphatic rings. The first-order valence-corrected chi connectivity index (χ1v) is 12.2. The monoisotopic (exact) mass is 564 g/mol. The number of ether oxygens (including phenoxy) is 4. The largest absolute Gasteiger partial charge is 0.508 e. The quantitative estimate of drug-likeness (QED) is 0.164. The highest BCUT2D eigenvalue weighted by Gasteiger charge is 2.53. The van der Waals surface area contributed by atoms with Crippen LogP contribution in [0.1, 0.15) is 0 Å². The summed E-state index contributed by atoms with van der Waals surface area (Å²) in [4.78, 5) is 12.8. The molecule has 0 spiro atoms. The van der Waals surface area contributed by atoms with Crippen LogP contribution in [0.4, 0.5) is 0 Å². The maximum atomic E-state index is 12.8. The van der Waals surface area contributed by atoms with E-state index in [1.165, 1.54) is 36.4 Å². The molecule has 2 saturated heterocycles. The second-order valence-electron chi connectivity index (χ2n) is 9.65. The number of phenols is 2. The molecule has 14 nitrogen and oxygen atoms in total. The van der Waals surface area contributed by atoms with Crippen LogP contribution < -0.4 is 10.2 Å². The molecule has 5 rings (SSSR count). The van der Waals surface area contributed by atoms with Gasteiger partial charge in [-0.1, -0.05) is 0 Å². The predicted octanol–water partition coefficient (Wildman–Crippen LogP) is -1.49. The average Bonchev–Trinajstić information content (AvgIpc) is 3.21. The van der Waals surface area contributed by atoms with Crippen LogP contribution in [-0.2, 0) is 14.2 Å². The minimum atomic E-state index is -2.04. The number of aliphatic hydroxyl groups excluding tert-OH is 5. The summed E-state index contributed by atoms with van der Waals surface area (Å²) in [6, 6.07) is 9.37. The molecule has 2 aromatic carbocycles. The number of benzene rings is 2. The Morgan fingerprint density at radius 3 is 2.35 bits per heavy atom. The molecule has 0 unspecified atom stereocenters. The molecule has 0 aliphatic carbocycles. The highest BCUT2D eigenvalue weighted by atomic mass is 16.8. The first-order valence-electron chi connectivity index (χ1n) is 12.2. The van der Waals surface area contributed by atoms with Crippen LogP contribution in [0.15, 0.2) is 51.7 Å². The van der Waals surface area contributed by atoms with Gasteiger partial charge in [-0.2, -0.15) is 0 Å². The number of hydrogen-bond donors (Lipinski definition) is 8. The maximum Gasteiger partial charge on any atom is 0.229 e. The van der Waals surface area contributed by atoms with Crippen molar-refractivity contribution in [3.63, 3.8) is 0 Å². The topological polar surface area (TPSA) is 229 Å². The van der Waals surface area contributed by atoms with Crippen LogP contribution in [0.25, 0.3) is 22.3 Å². The van der Waals surface area contributed by atoms with E-state index in [0.717, 1.165) is 6.07 Å². The summed E-state index contributed by atoms with van der Waals surface area (Å²) in [7, 11) is 0. The lowest BCUT2D eigenvalue weighted by molar-refractivity contribution is -0.318. The fourth-order valence-corrected chi connectivity index (χ4v) is 4.57. The smallest absolute Gasteiger partial charge is 0.229 e. The van der Waals surface area contributed by atoms with Crippen molar-refractivity contribution in [2.45, 2.75) is 48.7 Å². The normalized spacial score (nSPS) is 32.4. The minimum absolute atomic E-state index is 0.00882. The van der Waals surface area contributed by atoms with Crippen LogP contribution in [-0.4, -0.2) is 109 Å². The summed E-state index contributed by atoms with van der Waals surface area (Å²) in [6.45, 7) is -2.06. The van der Waals surface area contributed by atoms with E-state index in [2.05, 4.69) is 0 Å². The summed E-state index contributed by atoms with van der Waals surface area (Å²) in [5.41, 5.74) is -2.22. The van der Waals surface area contributed by atoms with E-state index in [1.807, 2.05) is 0 Å². The van der Waals surface area contributed by atoms with E-state index in [4.69, 9.17) is 23.4 Å². The Hall–Kier alpha value is -3.31. The third-order valence-corrected chi connectivity index (χ3v) is 6.88. The van der Waals surface area contributed by atoms with Gasteiger partial charge in [-0.05, 0) is 24.3 Å². The summed E-state index contributed by atoms with van der Waals surface area (Å²) < 4.78 is 28.0. The Bertz CT molecular complexity index is 1410. The highest BCUT2D eigenvalue weighted by molar-refractivity contribution is 5.86. The molecular weight excluding hydrogens is 536 g/mol. The molecular formula is C26H28O14.